The number of hydrogen-bond donors (Lipinski definition) is 0. The molecule has 0 saturated carbocycles. The van der Waals surface area contributed by atoms with E-state index in [4.69, 9.17) is 18.9 Å². The van der Waals surface area contributed by atoms with E-state index >= 15 is 0 Å². The number of ether oxygens (including phenoxy) is 4. The summed E-state index contributed by atoms with van der Waals surface area (Å²) in [5.41, 5.74) is 0.899. The van der Waals surface area contributed by atoms with Crippen LogP contribution in [0, 0.1) is 0 Å². The zero-order valence-electron chi connectivity index (χ0n) is 16.6. The van der Waals surface area contributed by atoms with E-state index in [2.05, 4.69) is 0 Å². The molecule has 0 aromatic heterocycles. The van der Waals surface area contributed by atoms with E-state index in [0.717, 1.165) is 0 Å². The van der Waals surface area contributed by atoms with Gasteiger partial charge in [0.15, 0.2) is 11.5 Å². The van der Waals surface area contributed by atoms with Crippen molar-refractivity contribution in [3.05, 3.63) is 59.7 Å². The summed E-state index contributed by atoms with van der Waals surface area (Å²) in [6.45, 7) is 4.22. The topological polar surface area (TPSA) is 74.3 Å². The molecule has 1 saturated heterocycles. The molecule has 1 amide bonds. The van der Waals surface area contributed by atoms with Crippen LogP contribution in [0.4, 0.5) is 0 Å². The first-order valence-electron chi connectivity index (χ1n) is 9.57. The molecule has 1 unspecified atom stereocenters. The average Bonchev–Trinajstić information content (AvgIpc) is 2.78. The maximum Gasteiger partial charge on any atom is 0.339 e. The number of carbonyl (C=O) groups excluding carboxylic acids is 2. The maximum atomic E-state index is 13.1. The SMILES string of the molecule is CCOc1ccc(C(=O)OC(C(=O)N2CCOCC2)c2ccccc2)cc1OC. The number of carbonyl (C=O) groups is 2. The van der Waals surface area contributed by atoms with Crippen LogP contribution in [0.3, 0.4) is 0 Å². The van der Waals surface area contributed by atoms with Gasteiger partial charge in [-0.25, -0.2) is 4.79 Å². The van der Waals surface area contributed by atoms with Crippen LogP contribution in [-0.2, 0) is 14.3 Å². The van der Waals surface area contributed by atoms with Crippen LogP contribution in [0.25, 0.3) is 0 Å². The van der Waals surface area contributed by atoms with Gasteiger partial charge >= 0.3 is 5.97 Å². The van der Waals surface area contributed by atoms with Gasteiger partial charge in [0.05, 0.1) is 32.5 Å². The van der Waals surface area contributed by atoms with E-state index in [-0.39, 0.29) is 11.5 Å². The number of rotatable bonds is 7. The van der Waals surface area contributed by atoms with Gasteiger partial charge in [-0.3, -0.25) is 4.79 Å². The second-order valence-electron chi connectivity index (χ2n) is 6.43. The molecule has 7 heteroatoms. The molecule has 1 atom stereocenters. The number of benzene rings is 2. The Bertz CT molecular complexity index is 832. The second-order valence-corrected chi connectivity index (χ2v) is 6.43. The van der Waals surface area contributed by atoms with E-state index < -0.39 is 12.1 Å². The Hall–Kier alpha value is -3.06. The molecule has 154 valence electrons. The van der Waals surface area contributed by atoms with Gasteiger partial charge in [-0.15, -0.1) is 0 Å². The first kappa shape index (κ1) is 20.7. The number of hydrogen-bond acceptors (Lipinski definition) is 6. The van der Waals surface area contributed by atoms with E-state index in [1.165, 1.54) is 7.11 Å². The Morgan fingerprint density at radius 3 is 2.45 bits per heavy atom. The van der Waals surface area contributed by atoms with Crippen LogP contribution in [0.5, 0.6) is 11.5 Å². The molecule has 2 aromatic rings. The van der Waals surface area contributed by atoms with Crippen molar-refractivity contribution in [2.75, 3.05) is 40.0 Å². The van der Waals surface area contributed by atoms with E-state index in [0.29, 0.717) is 50.0 Å². The molecule has 2 aromatic carbocycles. The molecule has 0 radical (unpaired) electrons. The average molecular weight is 399 g/mol. The van der Waals surface area contributed by atoms with E-state index in [9.17, 15) is 9.59 Å². The molecule has 1 aliphatic heterocycles. The monoisotopic (exact) mass is 399 g/mol. The Labute approximate surface area is 170 Å². The molecule has 1 aliphatic rings. The number of amides is 1. The number of nitrogens with zero attached hydrogens (tertiary/aromatic N) is 1. The fourth-order valence-corrected chi connectivity index (χ4v) is 3.08. The van der Waals surface area contributed by atoms with Crippen LogP contribution in [0.15, 0.2) is 48.5 Å². The quantitative estimate of drug-likeness (QED) is 0.667. The Kier molecular flexibility index (Phi) is 7.08. The molecule has 29 heavy (non-hydrogen) atoms. The summed E-state index contributed by atoms with van der Waals surface area (Å²) in [7, 11) is 1.50. The predicted octanol–water partition coefficient (Wildman–Crippen LogP) is 2.85. The lowest BCUT2D eigenvalue weighted by Gasteiger charge is -2.30. The van der Waals surface area contributed by atoms with Gasteiger partial charge in [0.1, 0.15) is 0 Å². The summed E-state index contributed by atoms with van der Waals surface area (Å²) < 4.78 is 21.8. The first-order chi connectivity index (χ1) is 14.1. The Morgan fingerprint density at radius 2 is 1.79 bits per heavy atom. The van der Waals surface area contributed by atoms with Crippen LogP contribution in [-0.4, -0.2) is 56.8 Å². The van der Waals surface area contributed by atoms with Crippen LogP contribution < -0.4 is 9.47 Å². The van der Waals surface area contributed by atoms with Crippen LogP contribution in [0.2, 0.25) is 0 Å². The molecule has 0 bridgehead atoms. The van der Waals surface area contributed by atoms with Gasteiger partial charge in [0, 0.05) is 18.7 Å². The minimum atomic E-state index is -1.03. The minimum absolute atomic E-state index is 0.259. The van der Waals surface area contributed by atoms with E-state index in [1.54, 1.807) is 35.2 Å². The second kappa shape index (κ2) is 9.93. The normalized spacial score (nSPS) is 14.8. The van der Waals surface area contributed by atoms with Gasteiger partial charge in [0.2, 0.25) is 6.10 Å². The zero-order chi connectivity index (χ0) is 20.6. The van der Waals surface area contributed by atoms with Crippen LogP contribution in [0.1, 0.15) is 28.9 Å². The molecular formula is C22H25NO6. The van der Waals surface area contributed by atoms with Crippen molar-refractivity contribution in [1.29, 1.82) is 0 Å². The molecule has 0 N–H and O–H groups in total. The van der Waals surface area contributed by atoms with Gasteiger partial charge in [-0.1, -0.05) is 30.3 Å². The summed E-state index contributed by atoms with van der Waals surface area (Å²) in [6, 6.07) is 13.8. The summed E-state index contributed by atoms with van der Waals surface area (Å²) in [5, 5.41) is 0. The Morgan fingerprint density at radius 1 is 1.07 bits per heavy atom. The van der Waals surface area contributed by atoms with Gasteiger partial charge in [-0.05, 0) is 25.1 Å². The lowest BCUT2D eigenvalue weighted by molar-refractivity contribution is -0.145. The number of morpholine rings is 1. The molecule has 0 spiro atoms. The fourth-order valence-electron chi connectivity index (χ4n) is 3.08. The molecule has 0 aliphatic carbocycles. The maximum absolute atomic E-state index is 13.1. The van der Waals surface area contributed by atoms with Crippen molar-refractivity contribution in [3.8, 4) is 11.5 Å². The minimum Gasteiger partial charge on any atom is -0.493 e. The highest BCUT2D eigenvalue weighted by Crippen LogP contribution is 2.29. The van der Waals surface area contributed by atoms with Crippen molar-refractivity contribution in [2.24, 2.45) is 0 Å². The third kappa shape index (κ3) is 5.06. The van der Waals surface area contributed by atoms with Crippen molar-refractivity contribution < 1.29 is 28.5 Å². The third-order valence-electron chi connectivity index (χ3n) is 4.57. The molecule has 1 fully saturated rings. The predicted molar refractivity (Wildman–Crippen MR) is 106 cm³/mol. The van der Waals surface area contributed by atoms with Gasteiger partial charge < -0.3 is 23.8 Å². The highest BCUT2D eigenvalue weighted by atomic mass is 16.5. The van der Waals surface area contributed by atoms with Gasteiger partial charge in [-0.2, -0.15) is 0 Å². The van der Waals surface area contributed by atoms with Crippen molar-refractivity contribution >= 4 is 11.9 Å². The molecule has 1 heterocycles. The highest BCUT2D eigenvalue weighted by molar-refractivity contribution is 5.93. The van der Waals surface area contributed by atoms with E-state index in [1.807, 2.05) is 25.1 Å². The van der Waals surface area contributed by atoms with Crippen molar-refractivity contribution in [2.45, 2.75) is 13.0 Å². The third-order valence-corrected chi connectivity index (χ3v) is 4.57. The number of esters is 1. The smallest absolute Gasteiger partial charge is 0.339 e. The lowest BCUT2D eigenvalue weighted by atomic mass is 10.1. The summed E-state index contributed by atoms with van der Waals surface area (Å²) in [4.78, 5) is 27.6. The summed E-state index contributed by atoms with van der Waals surface area (Å²) in [6.07, 6.45) is -1.03. The fraction of sp³-hybridized carbons (Fsp3) is 0.364. The number of methoxy groups -OCH3 is 1. The van der Waals surface area contributed by atoms with Gasteiger partial charge in [0.25, 0.3) is 5.91 Å². The van der Waals surface area contributed by atoms with Crippen molar-refractivity contribution in [3.63, 3.8) is 0 Å². The lowest BCUT2D eigenvalue weighted by Crippen LogP contribution is -2.44. The molecule has 3 rings (SSSR count). The zero-order valence-corrected chi connectivity index (χ0v) is 16.6. The largest absolute Gasteiger partial charge is 0.493 e. The van der Waals surface area contributed by atoms with Crippen LogP contribution >= 0.6 is 0 Å². The highest BCUT2D eigenvalue weighted by Gasteiger charge is 2.31. The Balaban J connectivity index is 1.83. The summed E-state index contributed by atoms with van der Waals surface area (Å²) >= 11 is 0. The molecular weight excluding hydrogens is 374 g/mol. The van der Waals surface area contributed by atoms with Crippen molar-refractivity contribution in [1.82, 2.24) is 4.90 Å². The first-order valence-corrected chi connectivity index (χ1v) is 9.57. The summed E-state index contributed by atoms with van der Waals surface area (Å²) in [5.74, 6) is 0.0974. The standard InChI is InChI=1S/C22H25NO6/c1-3-28-18-10-9-17(15-19(18)26-2)22(25)29-20(16-7-5-4-6-8-16)21(24)23-11-13-27-14-12-23/h4-10,15,20H,3,11-14H2,1-2H3. The molecule has 7 nitrogen and oxygen atoms in total.